The second kappa shape index (κ2) is 7.05. The number of rotatable bonds is 3. The first-order chi connectivity index (χ1) is 10.8. The Morgan fingerprint density at radius 3 is 2.52 bits per heavy atom. The normalized spacial score (nSPS) is 12.0. The largest absolute Gasteiger partial charge is 0.506 e. The SMILES string of the molecule is N#C/C(=C/c1ccc(O)c(Cl)c1)S(=O)(=O)c1cc(Br)ccc1Br. The second-order valence-electron chi connectivity index (χ2n) is 4.41. The number of phenols is 1. The quantitative estimate of drug-likeness (QED) is 0.638. The Bertz CT molecular complexity index is 950. The molecule has 0 aliphatic carbocycles. The predicted octanol–water partition coefficient (Wildman–Crippen LogP) is 4.91. The third-order valence-corrected chi connectivity index (χ3v) is 6.31. The molecule has 4 nitrogen and oxygen atoms in total. The molecule has 0 aromatic heterocycles. The topological polar surface area (TPSA) is 78.2 Å². The van der Waals surface area contributed by atoms with E-state index in [0.29, 0.717) is 14.5 Å². The Hall–Kier alpha value is -1.33. The highest BCUT2D eigenvalue weighted by Crippen LogP contribution is 2.31. The number of phenolic OH excluding ortho intramolecular Hbond substituents is 1. The van der Waals surface area contributed by atoms with E-state index in [9.17, 15) is 18.8 Å². The van der Waals surface area contributed by atoms with Gasteiger partial charge in [0.1, 0.15) is 16.7 Å². The summed E-state index contributed by atoms with van der Waals surface area (Å²) in [6, 6.07) is 10.5. The minimum atomic E-state index is -4.01. The lowest BCUT2D eigenvalue weighted by Crippen LogP contribution is -2.04. The highest BCUT2D eigenvalue weighted by molar-refractivity contribution is 9.11. The number of sulfone groups is 1. The zero-order valence-electron chi connectivity index (χ0n) is 11.3. The molecule has 0 spiro atoms. The standard InChI is InChI=1S/C15H8Br2ClNO3S/c16-10-2-3-12(17)15(7-10)23(21,22)11(8-19)5-9-1-4-14(20)13(18)6-9/h1-7,20H/b11-5-. The molecule has 0 unspecified atom stereocenters. The van der Waals surface area contributed by atoms with Crippen molar-refractivity contribution in [2.24, 2.45) is 0 Å². The molecule has 2 aromatic carbocycles. The molecule has 2 rings (SSSR count). The van der Waals surface area contributed by atoms with E-state index in [1.165, 1.54) is 30.3 Å². The number of benzene rings is 2. The highest BCUT2D eigenvalue weighted by atomic mass is 79.9. The molecule has 0 saturated carbocycles. The lowest BCUT2D eigenvalue weighted by atomic mass is 10.2. The van der Waals surface area contributed by atoms with Crippen LogP contribution in [0.3, 0.4) is 0 Å². The van der Waals surface area contributed by atoms with Crippen LogP contribution in [0.4, 0.5) is 0 Å². The molecule has 0 heterocycles. The highest BCUT2D eigenvalue weighted by Gasteiger charge is 2.24. The molecule has 118 valence electrons. The number of hydrogen-bond donors (Lipinski definition) is 1. The van der Waals surface area contributed by atoms with Crippen molar-refractivity contribution in [3.63, 3.8) is 0 Å². The summed E-state index contributed by atoms with van der Waals surface area (Å²) in [7, 11) is -4.01. The maximum absolute atomic E-state index is 12.7. The van der Waals surface area contributed by atoms with Crippen molar-refractivity contribution in [2.45, 2.75) is 4.90 Å². The average molecular weight is 478 g/mol. The summed E-state index contributed by atoms with van der Waals surface area (Å²) < 4.78 is 26.3. The van der Waals surface area contributed by atoms with Crippen molar-refractivity contribution < 1.29 is 13.5 Å². The van der Waals surface area contributed by atoms with Crippen LogP contribution in [0.1, 0.15) is 5.56 Å². The second-order valence-corrected chi connectivity index (χ2v) is 8.47. The smallest absolute Gasteiger partial charge is 0.217 e. The van der Waals surface area contributed by atoms with Crippen LogP contribution in [0.2, 0.25) is 5.02 Å². The van der Waals surface area contributed by atoms with Crippen molar-refractivity contribution >= 4 is 59.4 Å². The van der Waals surface area contributed by atoms with E-state index in [4.69, 9.17) is 11.6 Å². The maximum Gasteiger partial charge on any atom is 0.217 e. The van der Waals surface area contributed by atoms with E-state index in [-0.39, 0.29) is 15.7 Å². The van der Waals surface area contributed by atoms with Gasteiger partial charge in [0, 0.05) is 8.95 Å². The van der Waals surface area contributed by atoms with Crippen LogP contribution in [-0.4, -0.2) is 13.5 Å². The van der Waals surface area contributed by atoms with Gasteiger partial charge in [-0.3, -0.25) is 0 Å². The zero-order valence-corrected chi connectivity index (χ0v) is 16.0. The molecular formula is C15H8Br2ClNO3S. The number of hydrogen-bond acceptors (Lipinski definition) is 4. The third-order valence-electron chi connectivity index (χ3n) is 2.85. The van der Waals surface area contributed by atoms with Crippen LogP contribution in [0, 0.1) is 11.3 Å². The first kappa shape index (κ1) is 18.0. The predicted molar refractivity (Wildman–Crippen MR) is 95.7 cm³/mol. The lowest BCUT2D eigenvalue weighted by Gasteiger charge is -2.07. The van der Waals surface area contributed by atoms with Gasteiger partial charge in [-0.15, -0.1) is 0 Å². The summed E-state index contributed by atoms with van der Waals surface area (Å²) >= 11 is 12.2. The minimum absolute atomic E-state index is 0.0236. The fraction of sp³-hybridized carbons (Fsp3) is 0. The van der Waals surface area contributed by atoms with Gasteiger partial charge in [0.2, 0.25) is 9.84 Å². The van der Waals surface area contributed by atoms with Crippen molar-refractivity contribution in [3.8, 4) is 11.8 Å². The average Bonchev–Trinajstić information content (AvgIpc) is 2.50. The third kappa shape index (κ3) is 3.96. The molecule has 8 heteroatoms. The monoisotopic (exact) mass is 475 g/mol. The molecule has 1 N–H and O–H groups in total. The van der Waals surface area contributed by atoms with E-state index in [2.05, 4.69) is 31.9 Å². The molecule has 0 fully saturated rings. The summed E-state index contributed by atoms with van der Waals surface area (Å²) in [6.45, 7) is 0. The first-order valence-corrected chi connectivity index (χ1v) is 9.51. The van der Waals surface area contributed by atoms with Gasteiger partial charge in [0.25, 0.3) is 0 Å². The molecule has 0 aliphatic rings. The summed E-state index contributed by atoms with van der Waals surface area (Å²) in [4.78, 5) is -0.456. The van der Waals surface area contributed by atoms with Gasteiger partial charge >= 0.3 is 0 Å². The van der Waals surface area contributed by atoms with Crippen LogP contribution in [-0.2, 0) is 9.84 Å². The minimum Gasteiger partial charge on any atom is -0.506 e. The maximum atomic E-state index is 12.7. The van der Waals surface area contributed by atoms with Gasteiger partial charge in [-0.1, -0.05) is 33.6 Å². The number of nitriles is 1. The number of halogens is 3. The lowest BCUT2D eigenvalue weighted by molar-refractivity contribution is 0.475. The molecule has 0 aliphatic heterocycles. The zero-order chi connectivity index (χ0) is 17.2. The van der Waals surface area contributed by atoms with Gasteiger partial charge in [0.15, 0.2) is 0 Å². The van der Waals surface area contributed by atoms with Crippen LogP contribution in [0.25, 0.3) is 6.08 Å². The van der Waals surface area contributed by atoms with Crippen LogP contribution >= 0.6 is 43.5 Å². The first-order valence-electron chi connectivity index (χ1n) is 6.06. The summed E-state index contributed by atoms with van der Waals surface area (Å²) in [5, 5.41) is 18.7. The van der Waals surface area contributed by atoms with Crippen molar-refractivity contribution in [2.75, 3.05) is 0 Å². The van der Waals surface area contributed by atoms with Crippen molar-refractivity contribution in [3.05, 3.63) is 60.8 Å². The number of allylic oxidation sites excluding steroid dienone is 1. The molecular weight excluding hydrogens is 469 g/mol. The number of aromatic hydroxyl groups is 1. The van der Waals surface area contributed by atoms with E-state index in [0.717, 1.165) is 0 Å². The summed E-state index contributed by atoms with van der Waals surface area (Å²) in [6.07, 6.45) is 1.20. The van der Waals surface area contributed by atoms with E-state index in [1.807, 2.05) is 0 Å². The Morgan fingerprint density at radius 1 is 1.22 bits per heavy atom. The number of nitrogens with zero attached hydrogens (tertiary/aromatic N) is 1. The Morgan fingerprint density at radius 2 is 1.91 bits per heavy atom. The van der Waals surface area contributed by atoms with E-state index in [1.54, 1.807) is 18.2 Å². The molecule has 0 amide bonds. The van der Waals surface area contributed by atoms with E-state index < -0.39 is 14.7 Å². The van der Waals surface area contributed by atoms with Crippen LogP contribution in [0.5, 0.6) is 5.75 Å². The fourth-order valence-electron chi connectivity index (χ4n) is 1.74. The van der Waals surface area contributed by atoms with Gasteiger partial charge in [0.05, 0.1) is 9.92 Å². The molecule has 2 aromatic rings. The van der Waals surface area contributed by atoms with Gasteiger partial charge in [-0.05, 0) is 57.9 Å². The van der Waals surface area contributed by atoms with E-state index >= 15 is 0 Å². The Labute approximate surface area is 155 Å². The van der Waals surface area contributed by atoms with Gasteiger partial charge in [-0.25, -0.2) is 8.42 Å². The summed E-state index contributed by atoms with van der Waals surface area (Å²) in [5.74, 6) is -0.125. The van der Waals surface area contributed by atoms with Crippen molar-refractivity contribution in [1.82, 2.24) is 0 Å². The molecule has 23 heavy (non-hydrogen) atoms. The Kier molecular flexibility index (Phi) is 5.53. The van der Waals surface area contributed by atoms with Crippen LogP contribution in [0.15, 0.2) is 55.1 Å². The molecule has 0 atom stereocenters. The summed E-state index contributed by atoms with van der Waals surface area (Å²) in [5.41, 5.74) is 0.388. The van der Waals surface area contributed by atoms with Gasteiger partial charge < -0.3 is 5.11 Å². The van der Waals surface area contributed by atoms with Crippen LogP contribution < -0.4 is 0 Å². The molecule has 0 radical (unpaired) electrons. The molecule has 0 bridgehead atoms. The van der Waals surface area contributed by atoms with Crippen molar-refractivity contribution in [1.29, 1.82) is 5.26 Å². The Balaban J connectivity index is 2.59. The molecule has 0 saturated heterocycles. The fourth-order valence-corrected chi connectivity index (χ4v) is 4.58. The van der Waals surface area contributed by atoms with Gasteiger partial charge in [-0.2, -0.15) is 5.26 Å².